The molecular weight excluding hydrogens is 504 g/mol. The number of hydrogen-bond acceptors (Lipinski definition) is 6. The van der Waals surface area contributed by atoms with E-state index >= 15 is 0 Å². The minimum absolute atomic E-state index is 0.0129. The SMILES string of the molecule is COc1ccc(N2C(=O)C(Cl)=C(Nc3ccc(C(=O)N4CCN(Cc5ccccc5)CC4)cc3)C2=O)cc1. The number of methoxy groups -OCH3 is 1. The first-order valence-corrected chi connectivity index (χ1v) is 12.7. The maximum atomic E-state index is 13.1. The second-order valence-corrected chi connectivity index (χ2v) is 9.47. The second-order valence-electron chi connectivity index (χ2n) is 9.09. The quantitative estimate of drug-likeness (QED) is 0.463. The predicted molar refractivity (Wildman–Crippen MR) is 146 cm³/mol. The van der Waals surface area contributed by atoms with Gasteiger partial charge in [-0.3, -0.25) is 19.3 Å². The molecule has 194 valence electrons. The molecule has 1 saturated heterocycles. The van der Waals surface area contributed by atoms with Gasteiger partial charge in [-0.15, -0.1) is 0 Å². The summed E-state index contributed by atoms with van der Waals surface area (Å²) in [5.74, 6) is -0.596. The number of rotatable bonds is 7. The fraction of sp³-hybridized carbons (Fsp3) is 0.207. The third-order valence-corrected chi connectivity index (χ3v) is 7.02. The number of halogens is 1. The highest BCUT2D eigenvalue weighted by atomic mass is 35.5. The summed E-state index contributed by atoms with van der Waals surface area (Å²) >= 11 is 6.24. The molecule has 0 bridgehead atoms. The van der Waals surface area contributed by atoms with Crippen molar-refractivity contribution in [2.24, 2.45) is 0 Å². The van der Waals surface area contributed by atoms with Crippen LogP contribution in [0, 0.1) is 0 Å². The summed E-state index contributed by atoms with van der Waals surface area (Å²) in [4.78, 5) is 44.0. The van der Waals surface area contributed by atoms with Crippen LogP contribution in [-0.2, 0) is 16.1 Å². The van der Waals surface area contributed by atoms with Crippen molar-refractivity contribution >= 4 is 40.7 Å². The number of anilines is 2. The molecule has 0 radical (unpaired) electrons. The monoisotopic (exact) mass is 530 g/mol. The van der Waals surface area contributed by atoms with Gasteiger partial charge in [0.05, 0.1) is 12.8 Å². The standard InChI is InChI=1S/C29H27ClN4O4/c1-38-24-13-11-23(12-14-24)34-28(36)25(30)26(29(34)37)31-22-9-7-21(8-10-22)27(35)33-17-15-32(16-18-33)19-20-5-3-2-4-6-20/h2-14,31H,15-19H2,1H3. The van der Waals surface area contributed by atoms with E-state index in [0.717, 1.165) is 24.5 Å². The minimum atomic E-state index is -0.609. The van der Waals surface area contributed by atoms with Crippen LogP contribution in [0.25, 0.3) is 0 Å². The van der Waals surface area contributed by atoms with Crippen LogP contribution in [0.2, 0.25) is 0 Å². The third-order valence-electron chi connectivity index (χ3n) is 6.67. The number of imide groups is 1. The molecule has 0 aromatic heterocycles. The average Bonchev–Trinajstić information content (AvgIpc) is 3.17. The number of piperazine rings is 1. The van der Waals surface area contributed by atoms with Gasteiger partial charge in [0.2, 0.25) is 0 Å². The van der Waals surface area contributed by atoms with E-state index in [-0.39, 0.29) is 16.6 Å². The number of carbonyl (C=O) groups is 3. The number of carbonyl (C=O) groups excluding carboxylic acids is 3. The van der Waals surface area contributed by atoms with Gasteiger partial charge in [-0.05, 0) is 54.1 Å². The number of amides is 3. The maximum absolute atomic E-state index is 13.1. The lowest BCUT2D eigenvalue weighted by Crippen LogP contribution is -2.48. The van der Waals surface area contributed by atoms with Gasteiger partial charge in [-0.25, -0.2) is 4.90 Å². The zero-order chi connectivity index (χ0) is 26.6. The molecular formula is C29H27ClN4O4. The lowest BCUT2D eigenvalue weighted by molar-refractivity contribution is -0.120. The zero-order valence-corrected chi connectivity index (χ0v) is 21.6. The average molecular weight is 531 g/mol. The van der Waals surface area contributed by atoms with Crippen molar-refractivity contribution in [3.8, 4) is 5.75 Å². The van der Waals surface area contributed by atoms with Gasteiger partial charge < -0.3 is 15.0 Å². The Morgan fingerprint density at radius 3 is 2.16 bits per heavy atom. The summed E-state index contributed by atoms with van der Waals surface area (Å²) in [6.45, 7) is 3.82. The van der Waals surface area contributed by atoms with Crippen LogP contribution >= 0.6 is 11.6 Å². The Kier molecular flexibility index (Phi) is 7.44. The fourth-order valence-corrected chi connectivity index (χ4v) is 4.76. The molecule has 3 amide bonds. The molecule has 2 aliphatic heterocycles. The van der Waals surface area contributed by atoms with Crippen LogP contribution in [0.1, 0.15) is 15.9 Å². The molecule has 0 saturated carbocycles. The minimum Gasteiger partial charge on any atom is -0.497 e. The largest absolute Gasteiger partial charge is 0.497 e. The summed E-state index contributed by atoms with van der Waals surface area (Å²) in [6.07, 6.45) is 0. The Bertz CT molecular complexity index is 1370. The van der Waals surface area contributed by atoms with E-state index in [0.29, 0.717) is 35.8 Å². The molecule has 0 unspecified atom stereocenters. The molecule has 8 nitrogen and oxygen atoms in total. The molecule has 1 fully saturated rings. The van der Waals surface area contributed by atoms with Crippen molar-refractivity contribution in [3.63, 3.8) is 0 Å². The number of nitrogens with zero attached hydrogens (tertiary/aromatic N) is 3. The highest BCUT2D eigenvalue weighted by Gasteiger charge is 2.39. The fourth-order valence-electron chi connectivity index (χ4n) is 4.55. The Morgan fingerprint density at radius 2 is 1.53 bits per heavy atom. The van der Waals surface area contributed by atoms with Gasteiger partial charge in [-0.2, -0.15) is 0 Å². The molecule has 0 spiro atoms. The lowest BCUT2D eigenvalue weighted by Gasteiger charge is -2.34. The summed E-state index contributed by atoms with van der Waals surface area (Å²) in [5, 5.41) is 2.75. The van der Waals surface area contributed by atoms with Crippen LogP contribution in [0.3, 0.4) is 0 Å². The van der Waals surface area contributed by atoms with Crippen molar-refractivity contribution in [1.82, 2.24) is 9.80 Å². The van der Waals surface area contributed by atoms with Crippen LogP contribution in [0.4, 0.5) is 11.4 Å². The molecule has 2 aliphatic rings. The highest BCUT2D eigenvalue weighted by Crippen LogP contribution is 2.31. The van der Waals surface area contributed by atoms with E-state index < -0.39 is 11.8 Å². The van der Waals surface area contributed by atoms with E-state index in [9.17, 15) is 14.4 Å². The van der Waals surface area contributed by atoms with E-state index in [1.165, 1.54) is 12.7 Å². The molecule has 5 rings (SSSR count). The summed E-state index contributed by atoms with van der Waals surface area (Å²) < 4.78 is 5.13. The first-order chi connectivity index (χ1) is 18.4. The topological polar surface area (TPSA) is 82.2 Å². The van der Waals surface area contributed by atoms with Crippen molar-refractivity contribution in [2.75, 3.05) is 43.5 Å². The Balaban J connectivity index is 1.19. The number of benzene rings is 3. The van der Waals surface area contributed by atoms with E-state index in [1.807, 2.05) is 23.1 Å². The van der Waals surface area contributed by atoms with Crippen LogP contribution in [0.15, 0.2) is 89.6 Å². The Hall–Kier alpha value is -4.14. The molecule has 0 atom stereocenters. The first kappa shape index (κ1) is 25.5. The number of nitrogens with one attached hydrogen (secondary N) is 1. The highest BCUT2D eigenvalue weighted by molar-refractivity contribution is 6.53. The van der Waals surface area contributed by atoms with Crippen LogP contribution < -0.4 is 15.0 Å². The van der Waals surface area contributed by atoms with Crippen LogP contribution in [-0.4, -0.2) is 60.8 Å². The Morgan fingerprint density at radius 1 is 0.868 bits per heavy atom. The summed E-state index contributed by atoms with van der Waals surface area (Å²) in [5.41, 5.74) is 2.74. The molecule has 3 aromatic carbocycles. The predicted octanol–water partition coefficient (Wildman–Crippen LogP) is 4.09. The van der Waals surface area contributed by atoms with Crippen molar-refractivity contribution in [1.29, 1.82) is 0 Å². The van der Waals surface area contributed by atoms with Crippen molar-refractivity contribution < 1.29 is 19.1 Å². The third kappa shape index (κ3) is 5.27. The van der Waals surface area contributed by atoms with E-state index in [2.05, 4.69) is 22.3 Å². The van der Waals surface area contributed by atoms with Crippen molar-refractivity contribution in [2.45, 2.75) is 6.54 Å². The normalized spacial score (nSPS) is 16.3. The molecule has 38 heavy (non-hydrogen) atoms. The van der Waals surface area contributed by atoms with Gasteiger partial charge in [0.25, 0.3) is 17.7 Å². The Labute approximate surface area is 226 Å². The van der Waals surface area contributed by atoms with Gasteiger partial charge in [0.15, 0.2) is 0 Å². The van der Waals surface area contributed by atoms with E-state index in [4.69, 9.17) is 16.3 Å². The maximum Gasteiger partial charge on any atom is 0.283 e. The second kappa shape index (κ2) is 11.1. The van der Waals surface area contributed by atoms with Crippen molar-refractivity contribution in [3.05, 3.63) is 101 Å². The molecule has 1 N–H and O–H groups in total. The van der Waals surface area contributed by atoms with Gasteiger partial charge in [-0.1, -0.05) is 41.9 Å². The van der Waals surface area contributed by atoms with Gasteiger partial charge in [0, 0.05) is 44.0 Å². The molecule has 0 aliphatic carbocycles. The molecule has 2 heterocycles. The van der Waals surface area contributed by atoms with Gasteiger partial charge >= 0.3 is 0 Å². The molecule has 9 heteroatoms. The van der Waals surface area contributed by atoms with Crippen LogP contribution in [0.5, 0.6) is 5.75 Å². The zero-order valence-electron chi connectivity index (χ0n) is 20.9. The molecule has 3 aromatic rings. The summed E-state index contributed by atoms with van der Waals surface area (Å²) in [6, 6.07) is 23.7. The smallest absolute Gasteiger partial charge is 0.283 e. The van der Waals surface area contributed by atoms with E-state index in [1.54, 1.807) is 48.5 Å². The first-order valence-electron chi connectivity index (χ1n) is 12.3. The number of ether oxygens (including phenoxy) is 1. The lowest BCUT2D eigenvalue weighted by atomic mass is 10.1. The number of hydrogen-bond donors (Lipinski definition) is 1. The summed E-state index contributed by atoms with van der Waals surface area (Å²) in [7, 11) is 1.54. The van der Waals surface area contributed by atoms with Gasteiger partial charge in [0.1, 0.15) is 16.5 Å².